The average molecular weight is 173 g/mol. The highest BCUT2D eigenvalue weighted by Crippen LogP contribution is 1.79. The van der Waals surface area contributed by atoms with E-state index in [9.17, 15) is 9.59 Å². The number of hydrogen-bond acceptors (Lipinski definition) is 4. The predicted molar refractivity (Wildman–Crippen MR) is 42.7 cm³/mol. The molecule has 0 aromatic carbocycles. The van der Waals surface area contributed by atoms with Gasteiger partial charge in [0.2, 0.25) is 0 Å². The lowest BCUT2D eigenvalue weighted by atomic mass is 10.8. The number of amides is 2. The van der Waals surface area contributed by atoms with Gasteiger partial charge in [-0.3, -0.25) is 10.1 Å². The van der Waals surface area contributed by atoms with Gasteiger partial charge in [-0.25, -0.2) is 9.79 Å². The maximum atomic E-state index is 10.7. The van der Waals surface area contributed by atoms with Gasteiger partial charge >= 0.3 is 12.0 Å². The number of carbonyl (C=O) groups excluding carboxylic acids is 2. The highest BCUT2D eigenvalue weighted by atomic mass is 16.6. The average Bonchev–Trinajstić information content (AvgIpc) is 2.02. The first-order chi connectivity index (χ1) is 5.60. The van der Waals surface area contributed by atoms with Crippen LogP contribution in [0.3, 0.4) is 0 Å². The maximum Gasteiger partial charge on any atom is 0.322 e. The van der Waals surface area contributed by atoms with Crippen molar-refractivity contribution in [1.29, 1.82) is 0 Å². The van der Waals surface area contributed by atoms with E-state index in [-0.39, 0.29) is 6.02 Å². The van der Waals surface area contributed by atoms with Gasteiger partial charge in [0.25, 0.3) is 6.02 Å². The summed E-state index contributed by atoms with van der Waals surface area (Å²) in [5.74, 6) is -0.535. The number of nitrogens with zero attached hydrogens (tertiary/aromatic N) is 1. The molecule has 0 aliphatic rings. The summed E-state index contributed by atoms with van der Waals surface area (Å²) < 4.78 is 4.51. The molecule has 0 aromatic rings. The molecule has 0 heterocycles. The zero-order valence-corrected chi connectivity index (χ0v) is 7.17. The van der Waals surface area contributed by atoms with E-state index in [0.29, 0.717) is 0 Å². The van der Waals surface area contributed by atoms with Crippen molar-refractivity contribution in [2.24, 2.45) is 4.99 Å². The van der Waals surface area contributed by atoms with E-state index < -0.39 is 12.0 Å². The van der Waals surface area contributed by atoms with E-state index in [1.165, 1.54) is 21.0 Å². The van der Waals surface area contributed by atoms with Crippen LogP contribution < -0.4 is 10.6 Å². The molecular weight excluding hydrogens is 162 g/mol. The SMILES string of the molecule is C/N=C(\NC(=O)NC)OC(C)=O. The Balaban J connectivity index is 4.02. The van der Waals surface area contributed by atoms with Crippen LogP contribution in [0, 0.1) is 0 Å². The molecule has 0 bridgehead atoms. The highest BCUT2D eigenvalue weighted by molar-refractivity contribution is 5.97. The Bertz CT molecular complexity index is 212. The Labute approximate surface area is 70.0 Å². The van der Waals surface area contributed by atoms with Crippen LogP contribution >= 0.6 is 0 Å². The van der Waals surface area contributed by atoms with Gasteiger partial charge in [0.05, 0.1) is 0 Å². The van der Waals surface area contributed by atoms with Crippen LogP contribution in [0.4, 0.5) is 4.79 Å². The number of urea groups is 1. The third-order valence-corrected chi connectivity index (χ3v) is 0.891. The Kier molecular flexibility index (Phi) is 4.43. The Hall–Kier alpha value is -1.59. The molecule has 0 radical (unpaired) electrons. The first-order valence-corrected chi connectivity index (χ1v) is 3.24. The van der Waals surface area contributed by atoms with Crippen molar-refractivity contribution >= 4 is 18.0 Å². The fraction of sp³-hybridized carbons (Fsp3) is 0.500. The summed E-state index contributed by atoms with van der Waals surface area (Å²) in [6, 6.07) is -0.612. The van der Waals surface area contributed by atoms with Crippen molar-refractivity contribution in [2.45, 2.75) is 6.92 Å². The van der Waals surface area contributed by atoms with Gasteiger partial charge in [-0.15, -0.1) is 0 Å². The number of amidine groups is 1. The zero-order chi connectivity index (χ0) is 9.56. The third-order valence-electron chi connectivity index (χ3n) is 0.891. The quantitative estimate of drug-likeness (QED) is 0.293. The van der Waals surface area contributed by atoms with Crippen LogP contribution in [0.25, 0.3) is 0 Å². The van der Waals surface area contributed by atoms with Crippen LogP contribution in [-0.4, -0.2) is 32.1 Å². The Morgan fingerprint density at radius 1 is 1.42 bits per heavy atom. The fourth-order valence-corrected chi connectivity index (χ4v) is 0.423. The lowest BCUT2D eigenvalue weighted by molar-refractivity contribution is -0.133. The van der Waals surface area contributed by atoms with E-state index in [1.54, 1.807) is 0 Å². The molecule has 2 N–H and O–H groups in total. The molecule has 2 amide bonds. The third kappa shape index (κ3) is 4.26. The van der Waals surface area contributed by atoms with Gasteiger partial charge in [0, 0.05) is 21.0 Å². The number of ether oxygens (including phenoxy) is 1. The number of carbonyl (C=O) groups is 2. The zero-order valence-electron chi connectivity index (χ0n) is 7.17. The summed E-state index contributed by atoms with van der Waals surface area (Å²) in [7, 11) is 2.84. The van der Waals surface area contributed by atoms with Crippen LogP contribution in [0.2, 0.25) is 0 Å². The van der Waals surface area contributed by atoms with Gasteiger partial charge in [0.1, 0.15) is 0 Å². The Morgan fingerprint density at radius 3 is 2.33 bits per heavy atom. The smallest absolute Gasteiger partial charge is 0.322 e. The molecule has 0 unspecified atom stereocenters. The summed E-state index contributed by atoms with van der Waals surface area (Å²) in [6.07, 6.45) is 0. The topological polar surface area (TPSA) is 79.8 Å². The standard InChI is InChI=1S/C6H11N3O3/c1-4(10)12-6(8-3)9-5(11)7-2/h1-3H3,(H2,7,8,9,11). The predicted octanol–water partition coefficient (Wildman–Crippen LogP) is -0.536. The van der Waals surface area contributed by atoms with Crippen LogP contribution in [-0.2, 0) is 9.53 Å². The molecule has 0 saturated carbocycles. The number of rotatable bonds is 0. The summed E-state index contributed by atoms with van der Waals surface area (Å²) in [5, 5.41) is 4.49. The van der Waals surface area contributed by atoms with E-state index in [4.69, 9.17) is 0 Å². The molecule has 6 heteroatoms. The minimum atomic E-state index is -0.535. The second-order valence-corrected chi connectivity index (χ2v) is 1.83. The second kappa shape index (κ2) is 5.11. The van der Waals surface area contributed by atoms with Crippen molar-refractivity contribution in [3.63, 3.8) is 0 Å². The molecule has 68 valence electrons. The number of esters is 1. The molecule has 0 spiro atoms. The summed E-state index contributed by atoms with van der Waals surface area (Å²) in [4.78, 5) is 24.6. The van der Waals surface area contributed by atoms with Crippen molar-refractivity contribution in [3.05, 3.63) is 0 Å². The fourth-order valence-electron chi connectivity index (χ4n) is 0.423. The van der Waals surface area contributed by atoms with Gasteiger partial charge in [-0.2, -0.15) is 0 Å². The lowest BCUT2D eigenvalue weighted by Gasteiger charge is -2.05. The van der Waals surface area contributed by atoms with Gasteiger partial charge < -0.3 is 10.1 Å². The molecule has 0 atom stereocenters. The largest absolute Gasteiger partial charge is 0.393 e. The minimum absolute atomic E-state index is 0.123. The number of hydrogen-bond donors (Lipinski definition) is 2. The Morgan fingerprint density at radius 2 is 2.00 bits per heavy atom. The molecule has 6 nitrogen and oxygen atoms in total. The van der Waals surface area contributed by atoms with Gasteiger partial charge in [-0.05, 0) is 0 Å². The van der Waals surface area contributed by atoms with Gasteiger partial charge in [0.15, 0.2) is 0 Å². The van der Waals surface area contributed by atoms with Crippen LogP contribution in [0.1, 0.15) is 6.92 Å². The second-order valence-electron chi connectivity index (χ2n) is 1.83. The van der Waals surface area contributed by atoms with E-state index in [1.807, 2.05) is 0 Å². The van der Waals surface area contributed by atoms with Gasteiger partial charge in [-0.1, -0.05) is 0 Å². The highest BCUT2D eigenvalue weighted by Gasteiger charge is 2.05. The molecule has 12 heavy (non-hydrogen) atoms. The van der Waals surface area contributed by atoms with E-state index in [2.05, 4.69) is 20.4 Å². The monoisotopic (exact) mass is 173 g/mol. The van der Waals surface area contributed by atoms with Crippen LogP contribution in [0.5, 0.6) is 0 Å². The molecule has 0 aliphatic heterocycles. The van der Waals surface area contributed by atoms with Crippen LogP contribution in [0.15, 0.2) is 4.99 Å². The van der Waals surface area contributed by atoms with Crippen molar-refractivity contribution in [1.82, 2.24) is 10.6 Å². The summed E-state index contributed by atoms with van der Waals surface area (Å²) in [6.45, 7) is 1.22. The molecule has 0 aliphatic carbocycles. The molecule has 0 rings (SSSR count). The number of nitrogens with one attached hydrogen (secondary N) is 2. The molecule has 0 fully saturated rings. The normalized spacial score (nSPS) is 10.4. The van der Waals surface area contributed by atoms with Crippen molar-refractivity contribution in [2.75, 3.05) is 14.1 Å². The minimum Gasteiger partial charge on any atom is -0.393 e. The summed E-state index contributed by atoms with van der Waals surface area (Å²) in [5.41, 5.74) is 0. The van der Waals surface area contributed by atoms with Crippen molar-refractivity contribution < 1.29 is 14.3 Å². The molecular formula is C6H11N3O3. The molecule has 0 saturated heterocycles. The first kappa shape index (κ1) is 10.4. The van der Waals surface area contributed by atoms with E-state index in [0.717, 1.165) is 0 Å². The van der Waals surface area contributed by atoms with Crippen molar-refractivity contribution in [3.8, 4) is 0 Å². The number of aliphatic imine (C=N–C) groups is 1. The maximum absolute atomic E-state index is 10.7. The van der Waals surface area contributed by atoms with E-state index >= 15 is 0 Å². The molecule has 0 aromatic heterocycles. The summed E-state index contributed by atoms with van der Waals surface area (Å²) >= 11 is 0. The first-order valence-electron chi connectivity index (χ1n) is 3.24. The lowest BCUT2D eigenvalue weighted by Crippen LogP contribution is -2.39.